The molecule has 3 rings (SSSR count). The third-order valence-electron chi connectivity index (χ3n) is 3.98. The molecule has 0 radical (unpaired) electrons. The van der Waals surface area contributed by atoms with E-state index in [4.69, 9.17) is 9.47 Å². The molecule has 1 unspecified atom stereocenters. The van der Waals surface area contributed by atoms with E-state index < -0.39 is 0 Å². The number of likely N-dealkylation sites (tertiary alicyclic amines) is 1. The Morgan fingerprint density at radius 3 is 2.74 bits per heavy atom. The molecule has 1 N–H and O–H groups in total. The number of carbonyl (C=O) groups excluding carboxylic acids is 2. The summed E-state index contributed by atoms with van der Waals surface area (Å²) in [4.78, 5) is 26.5. The summed E-state index contributed by atoms with van der Waals surface area (Å²) in [5.41, 5.74) is 0.771. The van der Waals surface area contributed by atoms with Gasteiger partial charge in [0.25, 0.3) is 5.91 Å². The van der Waals surface area contributed by atoms with Crippen LogP contribution in [0.3, 0.4) is 0 Å². The number of hydrogen-bond donors (Lipinski definition) is 1. The lowest BCUT2D eigenvalue weighted by atomic mass is 9.97. The van der Waals surface area contributed by atoms with Crippen LogP contribution in [-0.4, -0.2) is 43.0 Å². The molecule has 0 spiro atoms. The number of nitrogens with one attached hydrogen (secondary N) is 1. The Morgan fingerprint density at radius 1 is 1.17 bits per heavy atom. The van der Waals surface area contributed by atoms with Crippen LogP contribution in [0, 0.1) is 5.92 Å². The van der Waals surface area contributed by atoms with Gasteiger partial charge >= 0.3 is 0 Å². The van der Waals surface area contributed by atoms with E-state index in [2.05, 4.69) is 5.32 Å². The summed E-state index contributed by atoms with van der Waals surface area (Å²) in [6.07, 6.45) is 2.94. The van der Waals surface area contributed by atoms with Crippen molar-refractivity contribution in [3.63, 3.8) is 0 Å². The van der Waals surface area contributed by atoms with Crippen LogP contribution in [0.15, 0.2) is 42.4 Å². The van der Waals surface area contributed by atoms with Crippen molar-refractivity contribution in [1.82, 2.24) is 4.90 Å². The van der Waals surface area contributed by atoms with E-state index in [1.165, 1.54) is 6.26 Å². The Balaban J connectivity index is 1.60. The summed E-state index contributed by atoms with van der Waals surface area (Å²) < 4.78 is 10.5. The lowest BCUT2D eigenvalue weighted by Gasteiger charge is -2.32. The van der Waals surface area contributed by atoms with Gasteiger partial charge in [-0.1, -0.05) is 18.2 Å². The molecule has 0 aliphatic carbocycles. The lowest BCUT2D eigenvalue weighted by molar-refractivity contribution is -0.135. The lowest BCUT2D eigenvalue weighted by Crippen LogP contribution is -2.44. The van der Waals surface area contributed by atoms with Gasteiger partial charge in [-0.3, -0.25) is 9.59 Å². The second-order valence-electron chi connectivity index (χ2n) is 5.65. The molecule has 1 atom stereocenters. The average molecular weight is 316 g/mol. The van der Waals surface area contributed by atoms with Crippen LogP contribution < -0.4 is 5.32 Å². The molecule has 1 aromatic rings. The summed E-state index contributed by atoms with van der Waals surface area (Å²) in [6.45, 7) is 1.87. The van der Waals surface area contributed by atoms with Gasteiger partial charge in [-0.15, -0.1) is 0 Å². The minimum absolute atomic E-state index is 0.0523. The fraction of sp³-hybridized carbons (Fsp3) is 0.412. The number of hydrogen-bond acceptors (Lipinski definition) is 4. The molecule has 0 bridgehead atoms. The van der Waals surface area contributed by atoms with Gasteiger partial charge in [-0.25, -0.2) is 0 Å². The molecule has 0 aromatic heterocycles. The predicted molar refractivity (Wildman–Crippen MR) is 84.4 cm³/mol. The van der Waals surface area contributed by atoms with Crippen LogP contribution in [0.25, 0.3) is 0 Å². The molecule has 2 amide bonds. The first-order valence-electron chi connectivity index (χ1n) is 7.84. The van der Waals surface area contributed by atoms with Crippen LogP contribution in [0.1, 0.15) is 12.8 Å². The van der Waals surface area contributed by atoms with Crippen molar-refractivity contribution in [1.29, 1.82) is 0 Å². The highest BCUT2D eigenvalue weighted by Gasteiger charge is 2.31. The van der Waals surface area contributed by atoms with Gasteiger partial charge in [0, 0.05) is 18.8 Å². The maximum absolute atomic E-state index is 12.4. The third kappa shape index (κ3) is 3.83. The Kier molecular flexibility index (Phi) is 4.80. The van der Waals surface area contributed by atoms with Crippen molar-refractivity contribution in [3.8, 4) is 0 Å². The van der Waals surface area contributed by atoms with Crippen molar-refractivity contribution < 1.29 is 19.1 Å². The number of ether oxygens (including phenoxy) is 2. The maximum Gasteiger partial charge on any atom is 0.292 e. The monoisotopic (exact) mass is 316 g/mol. The Hall–Kier alpha value is -2.50. The molecular formula is C17H20N2O4. The van der Waals surface area contributed by atoms with Gasteiger partial charge < -0.3 is 19.7 Å². The molecule has 6 nitrogen and oxygen atoms in total. The Morgan fingerprint density at radius 2 is 2.00 bits per heavy atom. The molecule has 23 heavy (non-hydrogen) atoms. The summed E-state index contributed by atoms with van der Waals surface area (Å²) in [6, 6.07) is 9.35. The van der Waals surface area contributed by atoms with Gasteiger partial charge in [0.15, 0.2) is 0 Å². The molecule has 2 aliphatic heterocycles. The minimum atomic E-state index is -0.210. The first-order valence-corrected chi connectivity index (χ1v) is 7.84. The van der Waals surface area contributed by atoms with E-state index in [1.807, 2.05) is 30.3 Å². The number of amides is 2. The van der Waals surface area contributed by atoms with E-state index in [0.29, 0.717) is 26.3 Å². The van der Waals surface area contributed by atoms with Crippen molar-refractivity contribution in [2.45, 2.75) is 12.8 Å². The summed E-state index contributed by atoms with van der Waals surface area (Å²) >= 11 is 0. The fourth-order valence-electron chi connectivity index (χ4n) is 2.78. The number of carbonyl (C=O) groups is 2. The summed E-state index contributed by atoms with van der Waals surface area (Å²) in [5.74, 6) is -0.246. The average Bonchev–Trinajstić information content (AvgIpc) is 2.63. The molecule has 2 heterocycles. The Labute approximate surface area is 135 Å². The van der Waals surface area contributed by atoms with E-state index in [-0.39, 0.29) is 23.5 Å². The normalized spacial score (nSPS) is 20.8. The molecule has 2 aliphatic rings. The van der Waals surface area contributed by atoms with Crippen molar-refractivity contribution in [2.75, 3.05) is 31.6 Å². The van der Waals surface area contributed by atoms with Crippen LogP contribution in [0.2, 0.25) is 0 Å². The number of anilines is 1. The molecular weight excluding hydrogens is 296 g/mol. The third-order valence-corrected chi connectivity index (χ3v) is 3.98. The first kappa shape index (κ1) is 15.4. The smallest absolute Gasteiger partial charge is 0.292 e. The molecule has 6 heteroatoms. The molecule has 0 saturated carbocycles. The highest BCUT2D eigenvalue weighted by molar-refractivity contribution is 5.94. The number of rotatable bonds is 3. The predicted octanol–water partition coefficient (Wildman–Crippen LogP) is 1.75. The van der Waals surface area contributed by atoms with Gasteiger partial charge in [-0.05, 0) is 25.0 Å². The molecule has 1 fully saturated rings. The van der Waals surface area contributed by atoms with Gasteiger partial charge in [0.2, 0.25) is 11.7 Å². The number of piperidine rings is 1. The topological polar surface area (TPSA) is 67.9 Å². The second-order valence-corrected chi connectivity index (χ2v) is 5.65. The van der Waals surface area contributed by atoms with E-state index in [0.717, 1.165) is 18.5 Å². The summed E-state index contributed by atoms with van der Waals surface area (Å²) in [5, 5.41) is 2.90. The molecule has 1 aromatic carbocycles. The van der Waals surface area contributed by atoms with Gasteiger partial charge in [0.1, 0.15) is 19.5 Å². The van der Waals surface area contributed by atoms with Crippen LogP contribution in [-0.2, 0) is 19.1 Å². The van der Waals surface area contributed by atoms with Gasteiger partial charge in [0.05, 0.1) is 5.92 Å². The first-order chi connectivity index (χ1) is 11.2. The van der Waals surface area contributed by atoms with E-state index >= 15 is 0 Å². The highest BCUT2D eigenvalue weighted by atomic mass is 16.6. The number of benzene rings is 1. The SMILES string of the molecule is O=C(Nc1ccccc1)C1CCCN(C(=O)C2=COCCO2)C1. The quantitative estimate of drug-likeness (QED) is 0.922. The zero-order chi connectivity index (χ0) is 16.1. The Bertz CT molecular complexity index is 600. The van der Waals surface area contributed by atoms with Crippen LogP contribution in [0.5, 0.6) is 0 Å². The van der Waals surface area contributed by atoms with E-state index in [1.54, 1.807) is 4.90 Å². The maximum atomic E-state index is 12.4. The zero-order valence-electron chi connectivity index (χ0n) is 12.9. The zero-order valence-corrected chi connectivity index (χ0v) is 12.9. The standard InChI is InChI=1S/C17H20N2O4/c20-16(18-14-6-2-1-3-7-14)13-5-4-8-19(11-13)17(21)15-12-22-9-10-23-15/h1-3,6-7,12-13H,4-5,8-11H2,(H,18,20). The van der Waals surface area contributed by atoms with E-state index in [9.17, 15) is 9.59 Å². The molecule has 1 saturated heterocycles. The largest absolute Gasteiger partial charge is 0.494 e. The molecule has 122 valence electrons. The van der Waals surface area contributed by atoms with Crippen LogP contribution in [0.4, 0.5) is 5.69 Å². The summed E-state index contributed by atoms with van der Waals surface area (Å²) in [7, 11) is 0. The fourth-order valence-corrected chi connectivity index (χ4v) is 2.78. The number of para-hydroxylation sites is 1. The highest BCUT2D eigenvalue weighted by Crippen LogP contribution is 2.21. The number of nitrogens with zero attached hydrogens (tertiary/aromatic N) is 1. The second kappa shape index (κ2) is 7.17. The van der Waals surface area contributed by atoms with Crippen molar-refractivity contribution in [2.24, 2.45) is 5.92 Å². The van der Waals surface area contributed by atoms with Crippen LogP contribution >= 0.6 is 0 Å². The van der Waals surface area contributed by atoms with Crippen molar-refractivity contribution in [3.05, 3.63) is 42.4 Å². The minimum Gasteiger partial charge on any atom is -0.494 e. The van der Waals surface area contributed by atoms with Crippen molar-refractivity contribution >= 4 is 17.5 Å². The van der Waals surface area contributed by atoms with Gasteiger partial charge in [-0.2, -0.15) is 0 Å².